The Hall–Kier alpha value is -1.59. The van der Waals surface area contributed by atoms with Crippen molar-refractivity contribution >= 4 is 5.65 Å². The molecule has 3 rings (SSSR count). The molecule has 2 aromatic heterocycles. The molecule has 1 aliphatic heterocycles. The Morgan fingerprint density at radius 3 is 3.29 bits per heavy atom. The van der Waals surface area contributed by atoms with Gasteiger partial charge in [0.1, 0.15) is 24.1 Å². The zero-order valence-electron chi connectivity index (χ0n) is 9.41. The number of aromatic nitrogens is 2. The Bertz CT molecular complexity index is 491. The minimum atomic E-state index is 0.0275. The lowest BCUT2D eigenvalue weighted by molar-refractivity contribution is -0.101. The van der Waals surface area contributed by atoms with Crippen LogP contribution in [0.15, 0.2) is 30.7 Å². The van der Waals surface area contributed by atoms with Crippen LogP contribution in [-0.2, 0) is 9.47 Å². The molecule has 0 spiro atoms. The van der Waals surface area contributed by atoms with Crippen LogP contribution in [0, 0.1) is 0 Å². The van der Waals surface area contributed by atoms with Crippen LogP contribution in [-0.4, -0.2) is 41.9 Å². The van der Waals surface area contributed by atoms with Gasteiger partial charge in [-0.25, -0.2) is 4.98 Å². The number of hydrogen-bond donors (Lipinski definition) is 0. The maximum absolute atomic E-state index is 5.66. The summed E-state index contributed by atoms with van der Waals surface area (Å²) in [6, 6.07) is 3.82. The molecule has 0 radical (unpaired) electrons. The van der Waals surface area contributed by atoms with Crippen LogP contribution in [0.5, 0.6) is 5.75 Å². The molecule has 0 aromatic carbocycles. The predicted octanol–water partition coefficient (Wildman–Crippen LogP) is 1.13. The van der Waals surface area contributed by atoms with E-state index in [-0.39, 0.29) is 6.10 Å². The second-order valence-electron chi connectivity index (χ2n) is 3.93. The molecule has 1 aliphatic rings. The van der Waals surface area contributed by atoms with Gasteiger partial charge in [-0.3, -0.25) is 0 Å². The summed E-state index contributed by atoms with van der Waals surface area (Å²) in [5, 5.41) is 0. The van der Waals surface area contributed by atoms with Gasteiger partial charge in [-0.2, -0.15) is 0 Å². The standard InChI is InChI=1S/C12H14N2O3/c1-3-14-4-2-13-12(14)7-10(1)17-9-11-8-15-5-6-16-11/h1-4,7,11H,5-6,8-9H2. The molecule has 17 heavy (non-hydrogen) atoms. The maximum Gasteiger partial charge on any atom is 0.140 e. The number of hydrogen-bond acceptors (Lipinski definition) is 4. The van der Waals surface area contributed by atoms with Crippen LogP contribution in [0.1, 0.15) is 0 Å². The highest BCUT2D eigenvalue weighted by Crippen LogP contribution is 2.14. The van der Waals surface area contributed by atoms with Crippen LogP contribution in [0.3, 0.4) is 0 Å². The highest BCUT2D eigenvalue weighted by Gasteiger charge is 2.14. The lowest BCUT2D eigenvalue weighted by Gasteiger charge is -2.22. The largest absolute Gasteiger partial charge is 0.491 e. The molecule has 1 unspecified atom stereocenters. The molecular weight excluding hydrogens is 220 g/mol. The summed E-state index contributed by atoms with van der Waals surface area (Å²) in [5.74, 6) is 0.804. The van der Waals surface area contributed by atoms with Crippen molar-refractivity contribution in [1.29, 1.82) is 0 Å². The van der Waals surface area contributed by atoms with Crippen LogP contribution < -0.4 is 4.74 Å². The smallest absolute Gasteiger partial charge is 0.140 e. The fraction of sp³-hybridized carbons (Fsp3) is 0.417. The zero-order valence-corrected chi connectivity index (χ0v) is 9.41. The normalized spacial score (nSPS) is 20.6. The topological polar surface area (TPSA) is 45.0 Å². The quantitative estimate of drug-likeness (QED) is 0.798. The fourth-order valence-corrected chi connectivity index (χ4v) is 1.80. The van der Waals surface area contributed by atoms with Gasteiger partial charge in [-0.05, 0) is 6.07 Å². The summed E-state index contributed by atoms with van der Waals surface area (Å²) >= 11 is 0. The van der Waals surface area contributed by atoms with E-state index in [1.807, 2.05) is 28.9 Å². The molecule has 5 heteroatoms. The zero-order chi connectivity index (χ0) is 11.5. The number of pyridine rings is 1. The van der Waals surface area contributed by atoms with E-state index in [1.54, 1.807) is 6.20 Å². The molecule has 1 saturated heterocycles. The first-order valence-corrected chi connectivity index (χ1v) is 5.67. The van der Waals surface area contributed by atoms with Crippen LogP contribution in [0.25, 0.3) is 5.65 Å². The highest BCUT2D eigenvalue weighted by molar-refractivity contribution is 5.43. The van der Waals surface area contributed by atoms with Gasteiger partial charge in [0, 0.05) is 24.7 Å². The summed E-state index contributed by atoms with van der Waals surface area (Å²) in [6.45, 7) is 2.44. The summed E-state index contributed by atoms with van der Waals surface area (Å²) < 4.78 is 18.4. The van der Waals surface area contributed by atoms with Gasteiger partial charge in [-0.1, -0.05) is 0 Å². The minimum Gasteiger partial charge on any atom is -0.491 e. The first kappa shape index (κ1) is 10.6. The Kier molecular flexibility index (Phi) is 2.94. The lowest BCUT2D eigenvalue weighted by atomic mass is 10.3. The molecule has 0 aliphatic carbocycles. The predicted molar refractivity (Wildman–Crippen MR) is 61.2 cm³/mol. The molecular formula is C12H14N2O3. The molecule has 90 valence electrons. The fourth-order valence-electron chi connectivity index (χ4n) is 1.80. The van der Waals surface area contributed by atoms with Gasteiger partial charge in [-0.15, -0.1) is 0 Å². The minimum absolute atomic E-state index is 0.0275. The van der Waals surface area contributed by atoms with Crippen molar-refractivity contribution in [2.75, 3.05) is 26.4 Å². The van der Waals surface area contributed by atoms with Crippen molar-refractivity contribution in [3.8, 4) is 5.75 Å². The molecule has 0 bridgehead atoms. The summed E-state index contributed by atoms with van der Waals surface area (Å²) in [7, 11) is 0. The van der Waals surface area contributed by atoms with Crippen molar-refractivity contribution < 1.29 is 14.2 Å². The number of rotatable bonds is 3. The van der Waals surface area contributed by atoms with E-state index in [0.717, 1.165) is 11.4 Å². The third-order valence-corrected chi connectivity index (χ3v) is 2.69. The SMILES string of the molecule is c1cn2ccc(OCC3COCCO3)cc2n1. The van der Waals surface area contributed by atoms with Crippen molar-refractivity contribution in [2.45, 2.75) is 6.10 Å². The van der Waals surface area contributed by atoms with E-state index in [9.17, 15) is 0 Å². The Morgan fingerprint density at radius 2 is 2.41 bits per heavy atom. The van der Waals surface area contributed by atoms with Gasteiger partial charge in [0.25, 0.3) is 0 Å². The summed E-state index contributed by atoms with van der Waals surface area (Å²) in [4.78, 5) is 4.20. The lowest BCUT2D eigenvalue weighted by Crippen LogP contribution is -2.33. The van der Waals surface area contributed by atoms with Gasteiger partial charge in [0.05, 0.1) is 19.8 Å². The molecule has 0 saturated carbocycles. The Labute approximate surface area is 98.9 Å². The van der Waals surface area contributed by atoms with Gasteiger partial charge in [0.2, 0.25) is 0 Å². The molecule has 5 nitrogen and oxygen atoms in total. The first-order chi connectivity index (χ1) is 8.42. The van der Waals surface area contributed by atoms with E-state index in [0.29, 0.717) is 26.4 Å². The molecule has 0 amide bonds. The van der Waals surface area contributed by atoms with Gasteiger partial charge in [0.15, 0.2) is 0 Å². The van der Waals surface area contributed by atoms with E-state index < -0.39 is 0 Å². The third kappa shape index (κ3) is 2.40. The van der Waals surface area contributed by atoms with Gasteiger partial charge < -0.3 is 18.6 Å². The number of imidazole rings is 1. The van der Waals surface area contributed by atoms with E-state index in [4.69, 9.17) is 14.2 Å². The van der Waals surface area contributed by atoms with E-state index >= 15 is 0 Å². The molecule has 0 N–H and O–H groups in total. The van der Waals surface area contributed by atoms with Crippen LogP contribution >= 0.6 is 0 Å². The second-order valence-corrected chi connectivity index (χ2v) is 3.93. The van der Waals surface area contributed by atoms with Crippen LogP contribution in [0.4, 0.5) is 0 Å². The van der Waals surface area contributed by atoms with Crippen molar-refractivity contribution in [2.24, 2.45) is 0 Å². The highest BCUT2D eigenvalue weighted by atomic mass is 16.6. The van der Waals surface area contributed by atoms with E-state index in [1.165, 1.54) is 0 Å². The second kappa shape index (κ2) is 4.73. The Morgan fingerprint density at radius 1 is 1.41 bits per heavy atom. The van der Waals surface area contributed by atoms with Crippen LogP contribution in [0.2, 0.25) is 0 Å². The number of nitrogens with zero attached hydrogens (tertiary/aromatic N) is 2. The molecule has 1 fully saturated rings. The monoisotopic (exact) mass is 234 g/mol. The molecule has 2 aromatic rings. The van der Waals surface area contributed by atoms with E-state index in [2.05, 4.69) is 4.98 Å². The van der Waals surface area contributed by atoms with Crippen molar-refractivity contribution in [3.05, 3.63) is 30.7 Å². The number of fused-ring (bicyclic) bond motifs is 1. The maximum atomic E-state index is 5.66. The van der Waals surface area contributed by atoms with Crippen molar-refractivity contribution in [1.82, 2.24) is 9.38 Å². The average molecular weight is 234 g/mol. The molecule has 1 atom stereocenters. The van der Waals surface area contributed by atoms with Gasteiger partial charge >= 0.3 is 0 Å². The third-order valence-electron chi connectivity index (χ3n) is 2.69. The Balaban J connectivity index is 1.63. The molecule has 3 heterocycles. The summed E-state index contributed by atoms with van der Waals surface area (Å²) in [5.41, 5.74) is 0.878. The van der Waals surface area contributed by atoms with Crippen molar-refractivity contribution in [3.63, 3.8) is 0 Å². The summed E-state index contributed by atoms with van der Waals surface area (Å²) in [6.07, 6.45) is 5.62. The average Bonchev–Trinajstić information content (AvgIpc) is 2.85. The number of ether oxygens (including phenoxy) is 3. The first-order valence-electron chi connectivity index (χ1n) is 5.67.